The number of unbranched alkanes of at least 4 members (excludes halogenated alkanes) is 1. The molecule has 0 radical (unpaired) electrons. The Balaban J connectivity index is 1.64. The first kappa shape index (κ1) is 23.5. The minimum atomic E-state index is -1.35. The number of carbonyl (C=O) groups is 1. The lowest BCUT2D eigenvalue weighted by molar-refractivity contribution is -0.149. The van der Waals surface area contributed by atoms with Crippen LogP contribution in [0.2, 0.25) is 6.32 Å². The molecule has 166 valence electrons. The quantitative estimate of drug-likeness (QED) is 0.308. The number of carboxylic acids is 1. The number of hydrogen-bond donors (Lipinski definition) is 4. The van der Waals surface area contributed by atoms with Crippen LogP contribution in [0.25, 0.3) is 0 Å². The highest BCUT2D eigenvalue weighted by Gasteiger charge is 2.49. The molecule has 0 saturated heterocycles. The first-order chi connectivity index (χ1) is 14.9. The summed E-state index contributed by atoms with van der Waals surface area (Å²) in [5.41, 5.74) is 7.60. The smallest absolute Gasteiger partial charge is 0.451 e. The third-order valence-corrected chi connectivity index (χ3v) is 6.52. The van der Waals surface area contributed by atoms with Gasteiger partial charge in [0.15, 0.2) is 0 Å². The second-order valence-corrected chi connectivity index (χ2v) is 8.77. The highest BCUT2D eigenvalue weighted by atomic mass is 16.4. The van der Waals surface area contributed by atoms with Crippen LogP contribution in [0.5, 0.6) is 0 Å². The summed E-state index contributed by atoms with van der Waals surface area (Å²) in [6, 6.07) is 20.9. The molecule has 7 heteroatoms. The monoisotopic (exact) mass is 424 g/mol. The summed E-state index contributed by atoms with van der Waals surface area (Å²) in [4.78, 5) is 14.4. The predicted octanol–water partition coefficient (Wildman–Crippen LogP) is 2.89. The van der Waals surface area contributed by atoms with E-state index in [0.29, 0.717) is 19.3 Å². The van der Waals surface area contributed by atoms with Crippen LogP contribution >= 0.6 is 0 Å². The SMILES string of the molecule is N[C@](CCCCB(O)O)(C(=O)O)C1CC(N(Cc2ccccc2)Cc2ccccc2)C1. The number of nitrogens with zero attached hydrogens (tertiary/aromatic N) is 1. The Labute approximate surface area is 184 Å². The van der Waals surface area contributed by atoms with Gasteiger partial charge in [-0.2, -0.15) is 0 Å². The summed E-state index contributed by atoms with van der Waals surface area (Å²) in [6.07, 6.45) is 3.22. The van der Waals surface area contributed by atoms with Gasteiger partial charge in [0.05, 0.1) is 0 Å². The van der Waals surface area contributed by atoms with Crippen molar-refractivity contribution in [2.24, 2.45) is 11.7 Å². The van der Waals surface area contributed by atoms with E-state index in [1.165, 1.54) is 11.1 Å². The maximum absolute atomic E-state index is 12.0. The predicted molar refractivity (Wildman–Crippen MR) is 122 cm³/mol. The van der Waals surface area contributed by atoms with Gasteiger partial charge in [-0.05, 0) is 42.6 Å². The Morgan fingerprint density at radius 3 is 1.94 bits per heavy atom. The molecule has 0 aromatic heterocycles. The highest BCUT2D eigenvalue weighted by molar-refractivity contribution is 6.40. The largest absolute Gasteiger partial charge is 0.480 e. The van der Waals surface area contributed by atoms with Crippen LogP contribution in [0.1, 0.15) is 43.2 Å². The normalized spacial score (nSPS) is 20.1. The van der Waals surface area contributed by atoms with Gasteiger partial charge in [0.25, 0.3) is 0 Å². The molecule has 0 spiro atoms. The van der Waals surface area contributed by atoms with Gasteiger partial charge in [-0.3, -0.25) is 9.69 Å². The van der Waals surface area contributed by atoms with E-state index < -0.39 is 18.6 Å². The molecule has 2 aromatic carbocycles. The van der Waals surface area contributed by atoms with Crippen molar-refractivity contribution in [3.8, 4) is 0 Å². The zero-order chi connectivity index (χ0) is 22.3. The van der Waals surface area contributed by atoms with E-state index >= 15 is 0 Å². The summed E-state index contributed by atoms with van der Waals surface area (Å²) >= 11 is 0. The fourth-order valence-electron chi connectivity index (χ4n) is 4.49. The van der Waals surface area contributed by atoms with Crippen LogP contribution in [0.3, 0.4) is 0 Å². The third kappa shape index (κ3) is 6.40. The lowest BCUT2D eigenvalue weighted by atomic mass is 9.65. The second-order valence-electron chi connectivity index (χ2n) is 8.77. The molecular weight excluding hydrogens is 391 g/mol. The van der Waals surface area contributed by atoms with E-state index in [9.17, 15) is 9.90 Å². The zero-order valence-corrected chi connectivity index (χ0v) is 17.9. The molecule has 0 heterocycles. The maximum atomic E-state index is 12.0. The van der Waals surface area contributed by atoms with Crippen molar-refractivity contribution in [1.82, 2.24) is 4.90 Å². The fourth-order valence-corrected chi connectivity index (χ4v) is 4.49. The van der Waals surface area contributed by atoms with Gasteiger partial charge in [-0.1, -0.05) is 73.5 Å². The molecule has 0 aliphatic heterocycles. The molecule has 3 rings (SSSR count). The molecule has 1 saturated carbocycles. The van der Waals surface area contributed by atoms with Crippen LogP contribution in [0.4, 0.5) is 0 Å². The number of rotatable bonds is 12. The van der Waals surface area contributed by atoms with Gasteiger partial charge >= 0.3 is 13.1 Å². The van der Waals surface area contributed by atoms with Gasteiger partial charge in [0, 0.05) is 19.1 Å². The Kier molecular flexibility index (Phi) is 8.26. The van der Waals surface area contributed by atoms with Gasteiger partial charge in [-0.15, -0.1) is 0 Å². The molecule has 1 aliphatic carbocycles. The molecular formula is C24H33BN2O4. The van der Waals surface area contributed by atoms with Crippen molar-refractivity contribution in [2.75, 3.05) is 0 Å². The molecule has 2 aromatic rings. The average Bonchev–Trinajstić information content (AvgIpc) is 2.71. The lowest BCUT2D eigenvalue weighted by Gasteiger charge is -2.49. The Morgan fingerprint density at radius 2 is 1.48 bits per heavy atom. The van der Waals surface area contributed by atoms with Crippen molar-refractivity contribution in [3.05, 3.63) is 71.8 Å². The number of nitrogens with two attached hydrogens (primary N) is 1. The summed E-state index contributed by atoms with van der Waals surface area (Å²) in [7, 11) is -1.35. The van der Waals surface area contributed by atoms with Gasteiger partial charge in [0.2, 0.25) is 0 Å². The van der Waals surface area contributed by atoms with Crippen LogP contribution in [0.15, 0.2) is 60.7 Å². The highest BCUT2D eigenvalue weighted by Crippen LogP contribution is 2.41. The van der Waals surface area contributed by atoms with E-state index in [1.807, 2.05) is 36.4 Å². The Bertz CT molecular complexity index is 773. The second kappa shape index (κ2) is 10.9. The molecule has 1 aliphatic rings. The molecule has 0 bridgehead atoms. The Hall–Kier alpha value is -2.19. The molecule has 31 heavy (non-hydrogen) atoms. The van der Waals surface area contributed by atoms with Gasteiger partial charge in [0.1, 0.15) is 5.54 Å². The van der Waals surface area contributed by atoms with Gasteiger partial charge < -0.3 is 20.9 Å². The van der Waals surface area contributed by atoms with Crippen molar-refractivity contribution >= 4 is 13.1 Å². The van der Waals surface area contributed by atoms with Crippen molar-refractivity contribution in [3.63, 3.8) is 0 Å². The summed E-state index contributed by atoms with van der Waals surface area (Å²) < 4.78 is 0. The molecule has 1 fully saturated rings. The maximum Gasteiger partial charge on any atom is 0.451 e. The van der Waals surface area contributed by atoms with E-state index in [0.717, 1.165) is 25.9 Å². The standard InChI is InChI=1S/C24H33BN2O4/c26-24(23(28)29,13-7-8-14-25(30)31)21-15-22(16-21)27(17-19-9-3-1-4-10-19)18-20-11-5-2-6-12-20/h1-6,9-12,21-22,30-31H,7-8,13-18,26H2,(H,28,29)/t21?,22?,24-/m0/s1. The number of aliphatic carboxylic acids is 1. The molecule has 5 N–H and O–H groups in total. The summed E-state index contributed by atoms with van der Waals surface area (Å²) in [6.45, 7) is 1.62. The minimum Gasteiger partial charge on any atom is -0.480 e. The van der Waals surface area contributed by atoms with Crippen LogP contribution in [0, 0.1) is 5.92 Å². The topological polar surface area (TPSA) is 107 Å². The van der Waals surface area contributed by atoms with Crippen LogP contribution < -0.4 is 5.73 Å². The number of carboxylic acid groups (broad SMARTS) is 1. The molecule has 6 nitrogen and oxygen atoms in total. The van der Waals surface area contributed by atoms with Crippen LogP contribution in [-0.2, 0) is 17.9 Å². The van der Waals surface area contributed by atoms with Crippen LogP contribution in [-0.4, -0.2) is 44.7 Å². The van der Waals surface area contributed by atoms with Crippen molar-refractivity contribution in [1.29, 1.82) is 0 Å². The van der Waals surface area contributed by atoms with Crippen molar-refractivity contribution in [2.45, 2.75) is 63.1 Å². The number of benzene rings is 2. The third-order valence-electron chi connectivity index (χ3n) is 6.52. The molecule has 0 amide bonds. The van der Waals surface area contributed by atoms with Crippen molar-refractivity contribution < 1.29 is 19.9 Å². The van der Waals surface area contributed by atoms with E-state index in [4.69, 9.17) is 15.8 Å². The fraction of sp³-hybridized carbons (Fsp3) is 0.458. The van der Waals surface area contributed by atoms with E-state index in [1.54, 1.807) is 0 Å². The Morgan fingerprint density at radius 1 is 0.968 bits per heavy atom. The molecule has 1 atom stereocenters. The van der Waals surface area contributed by atoms with Gasteiger partial charge in [-0.25, -0.2) is 0 Å². The summed E-state index contributed by atoms with van der Waals surface area (Å²) in [5, 5.41) is 27.8. The van der Waals surface area contributed by atoms with E-state index in [-0.39, 0.29) is 18.3 Å². The number of hydrogen-bond acceptors (Lipinski definition) is 5. The summed E-state index contributed by atoms with van der Waals surface area (Å²) in [5.74, 6) is -1.04. The minimum absolute atomic E-state index is 0.0805. The first-order valence-corrected chi connectivity index (χ1v) is 11.1. The zero-order valence-electron chi connectivity index (χ0n) is 17.9. The lowest BCUT2D eigenvalue weighted by Crippen LogP contribution is -2.61. The first-order valence-electron chi connectivity index (χ1n) is 11.1. The molecule has 0 unspecified atom stereocenters. The van der Waals surface area contributed by atoms with E-state index in [2.05, 4.69) is 29.2 Å². The average molecular weight is 424 g/mol.